The van der Waals surface area contributed by atoms with E-state index >= 15 is 0 Å². The molecule has 0 aliphatic heterocycles. The van der Waals surface area contributed by atoms with Gasteiger partial charge in [0.25, 0.3) is 0 Å². The van der Waals surface area contributed by atoms with Gasteiger partial charge in [-0.05, 0) is 30.2 Å². The Bertz CT molecular complexity index is 723. The van der Waals surface area contributed by atoms with Crippen molar-refractivity contribution in [3.63, 3.8) is 0 Å². The topological polar surface area (TPSA) is 73.1 Å². The van der Waals surface area contributed by atoms with Crippen LogP contribution in [-0.4, -0.2) is 11.0 Å². The fraction of sp³-hybridized carbons (Fsp3) is 0.222. The van der Waals surface area contributed by atoms with E-state index in [9.17, 15) is 15.2 Å². The van der Waals surface area contributed by atoms with Crippen molar-refractivity contribution in [2.75, 3.05) is 0 Å². The van der Waals surface area contributed by atoms with E-state index in [-0.39, 0.29) is 6.42 Å². The molecular formula is C18H17ClN2O2. The van der Waals surface area contributed by atoms with Crippen LogP contribution >= 0.6 is 11.6 Å². The van der Waals surface area contributed by atoms with Gasteiger partial charge in [-0.15, -0.1) is 0 Å². The predicted molar refractivity (Wildman–Crippen MR) is 88.6 cm³/mol. The van der Waals surface area contributed by atoms with Crippen LogP contribution in [0.3, 0.4) is 0 Å². The van der Waals surface area contributed by atoms with Crippen LogP contribution in [-0.2, 0) is 10.4 Å². The van der Waals surface area contributed by atoms with Crippen molar-refractivity contribution in [3.05, 3.63) is 70.7 Å². The maximum Gasteiger partial charge on any atom is 0.224 e. The second kappa shape index (κ2) is 7.28. The van der Waals surface area contributed by atoms with Gasteiger partial charge in [0.1, 0.15) is 6.04 Å². The zero-order valence-electron chi connectivity index (χ0n) is 12.7. The molecule has 2 aromatic rings. The molecule has 1 amide bonds. The van der Waals surface area contributed by atoms with Crippen molar-refractivity contribution in [1.29, 1.82) is 5.26 Å². The maximum absolute atomic E-state index is 12.2. The average molecular weight is 329 g/mol. The Morgan fingerprint density at radius 3 is 2.61 bits per heavy atom. The molecule has 0 radical (unpaired) electrons. The van der Waals surface area contributed by atoms with Gasteiger partial charge in [0, 0.05) is 5.02 Å². The number of amides is 1. The molecule has 0 aliphatic rings. The van der Waals surface area contributed by atoms with E-state index < -0.39 is 17.6 Å². The molecule has 0 saturated carbocycles. The predicted octanol–water partition coefficient (Wildman–Crippen LogP) is 3.32. The summed E-state index contributed by atoms with van der Waals surface area (Å²) in [6, 6.07) is 16.9. The molecule has 0 heterocycles. The van der Waals surface area contributed by atoms with E-state index in [2.05, 4.69) is 5.32 Å². The van der Waals surface area contributed by atoms with Crippen LogP contribution in [0.1, 0.15) is 30.5 Å². The number of nitrogens with one attached hydrogen (secondary N) is 1. The monoisotopic (exact) mass is 328 g/mol. The minimum Gasteiger partial charge on any atom is -0.385 e. The lowest BCUT2D eigenvalue weighted by Gasteiger charge is -2.24. The molecule has 2 aromatic carbocycles. The van der Waals surface area contributed by atoms with Gasteiger partial charge < -0.3 is 10.4 Å². The molecule has 2 N–H and O–H groups in total. The zero-order chi connectivity index (χ0) is 16.9. The van der Waals surface area contributed by atoms with Crippen molar-refractivity contribution in [3.8, 4) is 6.07 Å². The first-order valence-corrected chi connectivity index (χ1v) is 7.52. The number of hydrogen-bond acceptors (Lipinski definition) is 3. The Morgan fingerprint density at radius 1 is 1.30 bits per heavy atom. The van der Waals surface area contributed by atoms with Crippen molar-refractivity contribution in [2.24, 2.45) is 0 Å². The molecule has 0 fully saturated rings. The smallest absolute Gasteiger partial charge is 0.224 e. The Labute approximate surface area is 140 Å². The second-order valence-electron chi connectivity index (χ2n) is 5.50. The van der Waals surface area contributed by atoms with Gasteiger partial charge in [0.15, 0.2) is 0 Å². The fourth-order valence-electron chi connectivity index (χ4n) is 2.30. The van der Waals surface area contributed by atoms with Gasteiger partial charge in [-0.25, -0.2) is 0 Å². The number of carbonyl (C=O) groups is 1. The first-order chi connectivity index (χ1) is 10.9. The quantitative estimate of drug-likeness (QED) is 0.884. The fourth-order valence-corrected chi connectivity index (χ4v) is 2.50. The van der Waals surface area contributed by atoms with E-state index in [1.807, 2.05) is 12.1 Å². The summed E-state index contributed by atoms with van der Waals surface area (Å²) in [5, 5.41) is 22.9. The molecular weight excluding hydrogens is 312 g/mol. The molecule has 0 aliphatic carbocycles. The molecule has 0 aromatic heterocycles. The lowest BCUT2D eigenvalue weighted by atomic mass is 9.92. The van der Waals surface area contributed by atoms with Crippen LogP contribution in [0.15, 0.2) is 54.6 Å². The number of hydrogen-bond donors (Lipinski definition) is 2. The van der Waals surface area contributed by atoms with Crippen LogP contribution in [0.2, 0.25) is 5.02 Å². The summed E-state index contributed by atoms with van der Waals surface area (Å²) >= 11 is 5.91. The molecule has 2 unspecified atom stereocenters. The summed E-state index contributed by atoms with van der Waals surface area (Å²) < 4.78 is 0. The van der Waals surface area contributed by atoms with Crippen LogP contribution in [0, 0.1) is 11.3 Å². The number of aliphatic hydroxyl groups is 1. The largest absolute Gasteiger partial charge is 0.385 e. The minimum absolute atomic E-state index is 0.143. The number of rotatable bonds is 5. The summed E-state index contributed by atoms with van der Waals surface area (Å²) in [5.41, 5.74) is -0.0567. The number of carbonyl (C=O) groups excluding carboxylic acids is 1. The highest BCUT2D eigenvalue weighted by Gasteiger charge is 2.27. The SMILES string of the molecule is CC(O)(CC(=O)NC(C#N)c1cccc(Cl)c1)c1ccccc1. The molecule has 0 spiro atoms. The molecule has 2 atom stereocenters. The van der Waals surface area contributed by atoms with E-state index in [0.717, 1.165) is 0 Å². The van der Waals surface area contributed by atoms with Crippen molar-refractivity contribution >= 4 is 17.5 Å². The first-order valence-electron chi connectivity index (χ1n) is 7.15. The van der Waals surface area contributed by atoms with E-state index in [0.29, 0.717) is 16.1 Å². The minimum atomic E-state index is -1.31. The Kier molecular flexibility index (Phi) is 5.38. The highest BCUT2D eigenvalue weighted by atomic mass is 35.5. The molecule has 118 valence electrons. The second-order valence-corrected chi connectivity index (χ2v) is 5.94. The van der Waals surface area contributed by atoms with Gasteiger partial charge in [-0.2, -0.15) is 5.26 Å². The number of nitriles is 1. The molecule has 5 heteroatoms. The number of halogens is 1. The Balaban J connectivity index is 2.08. The van der Waals surface area contributed by atoms with Gasteiger partial charge in [0.05, 0.1) is 18.1 Å². The van der Waals surface area contributed by atoms with Gasteiger partial charge in [-0.1, -0.05) is 54.1 Å². The maximum atomic E-state index is 12.2. The lowest BCUT2D eigenvalue weighted by molar-refractivity contribution is -0.126. The third kappa shape index (κ3) is 4.56. The van der Waals surface area contributed by atoms with Gasteiger partial charge in [-0.3, -0.25) is 4.79 Å². The van der Waals surface area contributed by atoms with Gasteiger partial charge in [0.2, 0.25) is 5.91 Å². The highest BCUT2D eigenvalue weighted by Crippen LogP contribution is 2.25. The van der Waals surface area contributed by atoms with Gasteiger partial charge >= 0.3 is 0 Å². The summed E-state index contributed by atoms with van der Waals surface area (Å²) in [6.45, 7) is 1.57. The van der Waals surface area contributed by atoms with E-state index in [4.69, 9.17) is 11.6 Å². The third-order valence-electron chi connectivity index (χ3n) is 3.52. The normalized spacial score (nSPS) is 14.3. The van der Waals surface area contributed by atoms with Crippen molar-refractivity contribution < 1.29 is 9.90 Å². The standard InChI is InChI=1S/C18H17ClN2O2/c1-18(23,14-7-3-2-4-8-14)11-17(22)21-16(12-20)13-6-5-9-15(19)10-13/h2-10,16,23H,11H2,1H3,(H,21,22). The third-order valence-corrected chi connectivity index (χ3v) is 3.75. The highest BCUT2D eigenvalue weighted by molar-refractivity contribution is 6.30. The number of benzene rings is 2. The Morgan fingerprint density at radius 2 is 2.00 bits per heavy atom. The molecule has 2 rings (SSSR count). The van der Waals surface area contributed by atoms with Crippen LogP contribution < -0.4 is 5.32 Å². The first kappa shape index (κ1) is 17.0. The summed E-state index contributed by atoms with van der Waals surface area (Å²) in [6.07, 6.45) is -0.143. The van der Waals surface area contributed by atoms with Crippen LogP contribution in [0.4, 0.5) is 0 Å². The van der Waals surface area contributed by atoms with E-state index in [1.54, 1.807) is 55.5 Å². The molecule has 0 saturated heterocycles. The van der Waals surface area contributed by atoms with Crippen molar-refractivity contribution in [1.82, 2.24) is 5.32 Å². The molecule has 23 heavy (non-hydrogen) atoms. The van der Waals surface area contributed by atoms with E-state index in [1.165, 1.54) is 0 Å². The summed E-state index contributed by atoms with van der Waals surface area (Å²) in [7, 11) is 0. The summed E-state index contributed by atoms with van der Waals surface area (Å²) in [5.74, 6) is -0.412. The number of nitrogens with zero attached hydrogens (tertiary/aromatic N) is 1. The molecule has 4 nitrogen and oxygen atoms in total. The summed E-state index contributed by atoms with van der Waals surface area (Å²) in [4.78, 5) is 12.2. The molecule has 0 bridgehead atoms. The zero-order valence-corrected chi connectivity index (χ0v) is 13.4. The average Bonchev–Trinajstić information content (AvgIpc) is 2.53. The van der Waals surface area contributed by atoms with Crippen molar-refractivity contribution in [2.45, 2.75) is 25.0 Å². The Hall–Kier alpha value is -2.35. The lowest BCUT2D eigenvalue weighted by Crippen LogP contribution is -2.34. The van der Waals surface area contributed by atoms with Crippen LogP contribution in [0.5, 0.6) is 0 Å². The van der Waals surface area contributed by atoms with Crippen LogP contribution in [0.25, 0.3) is 0 Å².